The maximum absolute atomic E-state index is 13.1. The number of methoxy groups -OCH3 is 1. The zero-order valence-corrected chi connectivity index (χ0v) is 14.4. The van der Waals surface area contributed by atoms with Gasteiger partial charge in [0.1, 0.15) is 0 Å². The van der Waals surface area contributed by atoms with Gasteiger partial charge in [-0.2, -0.15) is 0 Å². The van der Waals surface area contributed by atoms with Gasteiger partial charge in [0.15, 0.2) is 0 Å². The van der Waals surface area contributed by atoms with E-state index in [1.54, 1.807) is 0 Å². The first-order valence-corrected chi connectivity index (χ1v) is 8.76. The zero-order chi connectivity index (χ0) is 17.4. The molecule has 0 aromatic carbocycles. The number of aliphatic hydroxyl groups excluding tert-OH is 1. The van der Waals surface area contributed by atoms with Crippen molar-refractivity contribution < 1.29 is 19.4 Å². The van der Waals surface area contributed by atoms with Gasteiger partial charge >= 0.3 is 5.97 Å². The summed E-state index contributed by atoms with van der Waals surface area (Å²) >= 11 is 0. The van der Waals surface area contributed by atoms with Crippen LogP contribution in [0.3, 0.4) is 0 Å². The number of esters is 1. The predicted molar refractivity (Wildman–Crippen MR) is 86.2 cm³/mol. The van der Waals surface area contributed by atoms with E-state index in [2.05, 4.69) is 12.2 Å². The van der Waals surface area contributed by atoms with Crippen LogP contribution < -0.4 is 11.1 Å². The Morgan fingerprint density at radius 3 is 2.88 bits per heavy atom. The van der Waals surface area contributed by atoms with Gasteiger partial charge in [-0.25, -0.2) is 0 Å². The van der Waals surface area contributed by atoms with Crippen molar-refractivity contribution >= 4 is 11.9 Å². The van der Waals surface area contributed by atoms with Crippen molar-refractivity contribution in [1.82, 2.24) is 15.1 Å². The van der Waals surface area contributed by atoms with Gasteiger partial charge in [0.2, 0.25) is 5.91 Å². The van der Waals surface area contributed by atoms with Crippen molar-refractivity contribution in [1.29, 1.82) is 0 Å². The van der Waals surface area contributed by atoms with Crippen molar-refractivity contribution in [3.05, 3.63) is 0 Å². The number of fused-ring (bicyclic) bond motifs is 2. The summed E-state index contributed by atoms with van der Waals surface area (Å²) in [7, 11) is 1.33. The van der Waals surface area contributed by atoms with Crippen molar-refractivity contribution in [2.24, 2.45) is 23.5 Å². The largest absolute Gasteiger partial charge is 0.469 e. The fourth-order valence-corrected chi connectivity index (χ4v) is 4.51. The van der Waals surface area contributed by atoms with Crippen molar-refractivity contribution in [3.63, 3.8) is 0 Å². The van der Waals surface area contributed by atoms with E-state index in [-0.39, 0.29) is 30.8 Å². The Bertz CT molecular complexity index is 502. The van der Waals surface area contributed by atoms with E-state index in [0.717, 1.165) is 19.4 Å². The molecule has 24 heavy (non-hydrogen) atoms. The molecule has 0 radical (unpaired) electrons. The summed E-state index contributed by atoms with van der Waals surface area (Å²) in [5.74, 6) is -0.853. The summed E-state index contributed by atoms with van der Waals surface area (Å²) in [5, 5.41) is 13.0. The van der Waals surface area contributed by atoms with E-state index < -0.39 is 18.1 Å². The van der Waals surface area contributed by atoms with Crippen LogP contribution in [0.4, 0.5) is 0 Å². The topological polar surface area (TPSA) is 108 Å². The highest BCUT2D eigenvalue weighted by molar-refractivity contribution is 5.82. The molecule has 3 saturated heterocycles. The molecular weight excluding hydrogens is 312 g/mol. The molecule has 3 heterocycles. The third-order valence-electron chi connectivity index (χ3n) is 5.78. The maximum Gasteiger partial charge on any atom is 0.311 e. The van der Waals surface area contributed by atoms with Gasteiger partial charge in [-0.3, -0.25) is 19.8 Å². The molecule has 0 aliphatic carbocycles. The Kier molecular flexibility index (Phi) is 5.10. The van der Waals surface area contributed by atoms with Crippen LogP contribution in [0.1, 0.15) is 26.2 Å². The number of hydrogen-bond donors (Lipinski definition) is 3. The minimum atomic E-state index is -0.573. The van der Waals surface area contributed by atoms with Crippen molar-refractivity contribution in [2.45, 2.75) is 44.7 Å². The summed E-state index contributed by atoms with van der Waals surface area (Å²) < 4.78 is 4.87. The number of β-amino-alcohol motifs (C(OH)–C–C–N with tert-alkyl or cyclic N) is 1. The lowest BCUT2D eigenvalue weighted by atomic mass is 9.80. The van der Waals surface area contributed by atoms with E-state index in [4.69, 9.17) is 10.5 Å². The lowest BCUT2D eigenvalue weighted by molar-refractivity contribution is -0.171. The molecule has 3 aliphatic heterocycles. The second-order valence-corrected chi connectivity index (χ2v) is 7.13. The van der Waals surface area contributed by atoms with Gasteiger partial charge < -0.3 is 20.5 Å². The Labute approximate surface area is 142 Å². The minimum absolute atomic E-state index is 0.00410. The molecule has 0 saturated carbocycles. The summed E-state index contributed by atoms with van der Waals surface area (Å²) in [6, 6.07) is 0. The molecule has 0 bridgehead atoms. The SMILES string of the molecule is COC(=O)C1CC2C(=O)N3CCCC(C)C3NC2N(CCO)C1N. The smallest absolute Gasteiger partial charge is 0.311 e. The van der Waals surface area contributed by atoms with Gasteiger partial charge in [-0.15, -0.1) is 0 Å². The van der Waals surface area contributed by atoms with Crippen LogP contribution in [-0.2, 0) is 14.3 Å². The molecule has 3 aliphatic rings. The number of nitrogens with two attached hydrogens (primary N) is 1. The molecule has 3 fully saturated rings. The Hall–Kier alpha value is -1.22. The third kappa shape index (κ3) is 2.81. The van der Waals surface area contributed by atoms with E-state index in [9.17, 15) is 14.7 Å². The highest BCUT2D eigenvalue weighted by atomic mass is 16.5. The minimum Gasteiger partial charge on any atom is -0.469 e. The molecule has 1 amide bonds. The number of amides is 1. The Morgan fingerprint density at radius 1 is 1.46 bits per heavy atom. The monoisotopic (exact) mass is 340 g/mol. The number of hydrogen-bond acceptors (Lipinski definition) is 7. The van der Waals surface area contributed by atoms with Crippen LogP contribution in [0.15, 0.2) is 0 Å². The molecule has 6 atom stereocenters. The second-order valence-electron chi connectivity index (χ2n) is 7.13. The number of nitrogens with one attached hydrogen (secondary N) is 1. The molecule has 8 nitrogen and oxygen atoms in total. The van der Waals surface area contributed by atoms with Gasteiger partial charge in [0.05, 0.1) is 44.0 Å². The highest BCUT2D eigenvalue weighted by Crippen LogP contribution is 2.37. The van der Waals surface area contributed by atoms with Crippen LogP contribution in [0, 0.1) is 17.8 Å². The Morgan fingerprint density at radius 2 is 2.21 bits per heavy atom. The van der Waals surface area contributed by atoms with Crippen LogP contribution >= 0.6 is 0 Å². The average molecular weight is 340 g/mol. The number of carbonyl (C=O) groups is 2. The second kappa shape index (κ2) is 6.95. The third-order valence-corrected chi connectivity index (χ3v) is 5.78. The van der Waals surface area contributed by atoms with Crippen molar-refractivity contribution in [2.75, 3.05) is 26.8 Å². The van der Waals surface area contributed by atoms with Crippen molar-refractivity contribution in [3.8, 4) is 0 Å². The highest BCUT2D eigenvalue weighted by Gasteiger charge is 2.53. The molecule has 3 rings (SSSR count). The van der Waals surface area contributed by atoms with Gasteiger partial charge in [-0.05, 0) is 25.2 Å². The zero-order valence-electron chi connectivity index (χ0n) is 14.4. The van der Waals surface area contributed by atoms with Gasteiger partial charge in [0, 0.05) is 13.1 Å². The standard InChI is InChI=1S/C16H28N4O4/c1-9-4-3-5-20-13(9)18-14-11(15(20)22)8-10(16(23)24-2)12(17)19(14)6-7-21/h9-14,18,21H,3-8,17H2,1-2H3. The van der Waals surface area contributed by atoms with Crippen LogP contribution in [0.2, 0.25) is 0 Å². The molecule has 136 valence electrons. The number of aliphatic hydroxyl groups is 1. The quantitative estimate of drug-likeness (QED) is 0.559. The fourth-order valence-electron chi connectivity index (χ4n) is 4.51. The fraction of sp³-hybridized carbons (Fsp3) is 0.875. The maximum atomic E-state index is 13.1. The van der Waals surface area contributed by atoms with Gasteiger partial charge in [-0.1, -0.05) is 6.92 Å². The molecule has 6 unspecified atom stereocenters. The van der Waals surface area contributed by atoms with Crippen LogP contribution in [0.5, 0.6) is 0 Å². The normalized spacial score (nSPS) is 40.0. The van der Waals surface area contributed by atoms with E-state index >= 15 is 0 Å². The molecular formula is C16H28N4O4. The number of nitrogens with zero attached hydrogens (tertiary/aromatic N) is 2. The average Bonchev–Trinajstić information content (AvgIpc) is 2.58. The first-order valence-electron chi connectivity index (χ1n) is 8.76. The van der Waals surface area contributed by atoms with Crippen LogP contribution in [0.25, 0.3) is 0 Å². The molecule has 0 aromatic heterocycles. The summed E-state index contributed by atoms with van der Waals surface area (Å²) in [5.41, 5.74) is 6.29. The summed E-state index contributed by atoms with van der Waals surface area (Å²) in [4.78, 5) is 28.9. The Balaban J connectivity index is 1.89. The lowest BCUT2D eigenvalue weighted by Crippen LogP contribution is -2.75. The summed E-state index contributed by atoms with van der Waals surface area (Å²) in [6.45, 7) is 3.13. The first kappa shape index (κ1) is 17.6. The molecule has 0 spiro atoms. The number of carbonyl (C=O) groups excluding carboxylic acids is 2. The van der Waals surface area contributed by atoms with E-state index in [1.165, 1.54) is 7.11 Å². The van der Waals surface area contributed by atoms with E-state index in [1.807, 2.05) is 9.80 Å². The molecule has 4 N–H and O–H groups in total. The number of piperidine rings is 2. The molecule has 8 heteroatoms. The molecule has 0 aromatic rings. The number of likely N-dealkylation sites (tertiary alicyclic amines) is 1. The number of ether oxygens (including phenoxy) is 1. The van der Waals surface area contributed by atoms with Crippen LogP contribution in [-0.4, -0.2) is 72.1 Å². The van der Waals surface area contributed by atoms with Gasteiger partial charge in [0.25, 0.3) is 0 Å². The lowest BCUT2D eigenvalue weighted by Gasteiger charge is -2.56. The first-order chi connectivity index (χ1) is 11.5. The summed E-state index contributed by atoms with van der Waals surface area (Å²) in [6.07, 6.45) is 1.64. The predicted octanol–water partition coefficient (Wildman–Crippen LogP) is -1.11. The van der Waals surface area contributed by atoms with E-state index in [0.29, 0.717) is 18.9 Å². The number of rotatable bonds is 3.